The average molecular weight is 228 g/mol. The van der Waals surface area contributed by atoms with E-state index in [1.807, 2.05) is 0 Å². The summed E-state index contributed by atoms with van der Waals surface area (Å²) in [4.78, 5) is 12.9. The topological polar surface area (TPSA) is 52.6 Å². The van der Waals surface area contributed by atoms with E-state index in [1.165, 1.54) is 6.42 Å². The van der Waals surface area contributed by atoms with Crippen molar-refractivity contribution in [1.29, 1.82) is 0 Å². The van der Waals surface area contributed by atoms with Gasteiger partial charge in [-0.05, 0) is 25.8 Å². The molecule has 4 heteroatoms. The minimum Gasteiger partial charge on any atom is -0.392 e. The van der Waals surface area contributed by atoms with Crippen molar-refractivity contribution in [3.63, 3.8) is 0 Å². The number of aliphatic hydroxyl groups excluding tert-OH is 1. The molecule has 0 bridgehead atoms. The lowest BCUT2D eigenvalue weighted by atomic mass is 9.92. The van der Waals surface area contributed by atoms with Crippen LogP contribution in [0.4, 0.5) is 0 Å². The molecule has 2 atom stereocenters. The molecule has 0 radical (unpaired) electrons. The molecule has 4 nitrogen and oxygen atoms in total. The van der Waals surface area contributed by atoms with Crippen LogP contribution in [0.3, 0.4) is 0 Å². The molecule has 0 heterocycles. The Hall–Kier alpha value is -0.610. The van der Waals surface area contributed by atoms with Gasteiger partial charge in [-0.25, -0.2) is 0 Å². The highest BCUT2D eigenvalue weighted by Gasteiger charge is 2.21. The van der Waals surface area contributed by atoms with Crippen molar-refractivity contribution in [1.82, 2.24) is 10.2 Å². The second-order valence-electron chi connectivity index (χ2n) is 4.80. The smallest absolute Gasteiger partial charge is 0.222 e. The second-order valence-corrected chi connectivity index (χ2v) is 4.80. The molecule has 2 N–H and O–H groups in total. The summed E-state index contributed by atoms with van der Waals surface area (Å²) < 4.78 is 0. The monoisotopic (exact) mass is 228 g/mol. The summed E-state index contributed by atoms with van der Waals surface area (Å²) in [5.74, 6) is 0.172. The molecule has 0 aromatic carbocycles. The van der Waals surface area contributed by atoms with Crippen LogP contribution in [0.1, 0.15) is 38.5 Å². The summed E-state index contributed by atoms with van der Waals surface area (Å²) in [5.41, 5.74) is 0. The maximum absolute atomic E-state index is 11.3. The Morgan fingerprint density at radius 2 is 2.06 bits per heavy atom. The van der Waals surface area contributed by atoms with Gasteiger partial charge in [-0.2, -0.15) is 0 Å². The Kier molecular flexibility index (Phi) is 5.77. The van der Waals surface area contributed by atoms with E-state index in [1.54, 1.807) is 19.0 Å². The van der Waals surface area contributed by atoms with Crippen molar-refractivity contribution < 1.29 is 9.90 Å². The first kappa shape index (κ1) is 13.5. The zero-order valence-electron chi connectivity index (χ0n) is 10.4. The van der Waals surface area contributed by atoms with E-state index in [9.17, 15) is 9.90 Å². The van der Waals surface area contributed by atoms with Crippen LogP contribution in [-0.2, 0) is 4.79 Å². The van der Waals surface area contributed by atoms with Crippen LogP contribution in [0, 0.1) is 0 Å². The number of aliphatic hydroxyl groups is 1. The van der Waals surface area contributed by atoms with E-state index < -0.39 is 0 Å². The molecule has 1 aliphatic rings. The van der Waals surface area contributed by atoms with Crippen LogP contribution in [0.2, 0.25) is 0 Å². The molecule has 1 rings (SSSR count). The molecule has 0 spiro atoms. The second kappa shape index (κ2) is 6.86. The minimum atomic E-state index is -0.196. The van der Waals surface area contributed by atoms with Gasteiger partial charge in [0.15, 0.2) is 0 Å². The standard InChI is InChI=1S/C12H24N2O2/c1-14(2)12(16)8-5-9-13-10-6-3-4-7-11(10)15/h10-11,13,15H,3-9H2,1-2H3. The number of rotatable bonds is 5. The van der Waals surface area contributed by atoms with Crippen LogP contribution < -0.4 is 5.32 Å². The lowest BCUT2D eigenvalue weighted by Crippen LogP contribution is -2.42. The number of carbonyl (C=O) groups excluding carboxylic acids is 1. The lowest BCUT2D eigenvalue weighted by Gasteiger charge is -2.28. The molecule has 1 amide bonds. The van der Waals surface area contributed by atoms with Crippen molar-refractivity contribution in [3.8, 4) is 0 Å². The number of nitrogens with zero attached hydrogens (tertiary/aromatic N) is 1. The lowest BCUT2D eigenvalue weighted by molar-refractivity contribution is -0.128. The zero-order chi connectivity index (χ0) is 12.0. The molecule has 0 aromatic rings. The van der Waals surface area contributed by atoms with E-state index >= 15 is 0 Å². The number of hydrogen-bond donors (Lipinski definition) is 2. The number of amides is 1. The highest BCUT2D eigenvalue weighted by atomic mass is 16.3. The molecule has 2 unspecified atom stereocenters. The third-order valence-electron chi connectivity index (χ3n) is 3.20. The van der Waals surface area contributed by atoms with Gasteiger partial charge in [0.1, 0.15) is 0 Å². The zero-order valence-corrected chi connectivity index (χ0v) is 10.4. The molecular weight excluding hydrogens is 204 g/mol. The third-order valence-corrected chi connectivity index (χ3v) is 3.20. The Bertz CT molecular complexity index is 219. The van der Waals surface area contributed by atoms with Gasteiger partial charge in [-0.15, -0.1) is 0 Å². The molecule has 16 heavy (non-hydrogen) atoms. The Morgan fingerprint density at radius 1 is 1.38 bits per heavy atom. The summed E-state index contributed by atoms with van der Waals surface area (Å²) in [6.45, 7) is 0.821. The number of nitrogens with one attached hydrogen (secondary N) is 1. The van der Waals surface area contributed by atoms with Crippen molar-refractivity contribution in [3.05, 3.63) is 0 Å². The van der Waals surface area contributed by atoms with Crippen molar-refractivity contribution >= 4 is 5.91 Å². The minimum absolute atomic E-state index is 0.172. The fourth-order valence-corrected chi connectivity index (χ4v) is 2.10. The first-order valence-corrected chi connectivity index (χ1v) is 6.23. The van der Waals surface area contributed by atoms with Gasteiger partial charge >= 0.3 is 0 Å². The summed E-state index contributed by atoms with van der Waals surface area (Å²) in [6, 6.07) is 0.239. The van der Waals surface area contributed by atoms with Crippen molar-refractivity contribution in [2.45, 2.75) is 50.7 Å². The van der Waals surface area contributed by atoms with Crippen LogP contribution in [-0.4, -0.2) is 48.7 Å². The van der Waals surface area contributed by atoms with Crippen LogP contribution in [0.5, 0.6) is 0 Å². The van der Waals surface area contributed by atoms with Gasteiger partial charge in [0.25, 0.3) is 0 Å². The molecule has 0 saturated heterocycles. The third kappa shape index (κ3) is 4.49. The van der Waals surface area contributed by atoms with E-state index in [4.69, 9.17) is 0 Å². The highest BCUT2D eigenvalue weighted by molar-refractivity contribution is 5.75. The molecular formula is C12H24N2O2. The summed E-state index contributed by atoms with van der Waals surface area (Å²) in [6.07, 6.45) is 5.54. The van der Waals surface area contributed by atoms with Crippen LogP contribution in [0.25, 0.3) is 0 Å². The SMILES string of the molecule is CN(C)C(=O)CCCNC1CCCCC1O. The molecule has 0 aliphatic heterocycles. The first-order valence-electron chi connectivity index (χ1n) is 6.23. The summed E-state index contributed by atoms with van der Waals surface area (Å²) in [5, 5.41) is 13.1. The Balaban J connectivity index is 2.08. The fraction of sp³-hybridized carbons (Fsp3) is 0.917. The van der Waals surface area contributed by atoms with Gasteiger partial charge < -0.3 is 15.3 Å². The molecule has 94 valence electrons. The van der Waals surface area contributed by atoms with E-state index in [0.717, 1.165) is 32.2 Å². The molecule has 1 fully saturated rings. The predicted molar refractivity (Wildman–Crippen MR) is 64.2 cm³/mol. The predicted octanol–water partition coefficient (Wildman–Crippen LogP) is 0.748. The normalized spacial score (nSPS) is 25.4. The van der Waals surface area contributed by atoms with E-state index in [-0.39, 0.29) is 18.1 Å². The first-order chi connectivity index (χ1) is 7.61. The number of hydrogen-bond acceptors (Lipinski definition) is 3. The Labute approximate surface area is 98.0 Å². The quantitative estimate of drug-likeness (QED) is 0.683. The van der Waals surface area contributed by atoms with Gasteiger partial charge in [0, 0.05) is 26.6 Å². The van der Waals surface area contributed by atoms with Crippen LogP contribution in [0.15, 0.2) is 0 Å². The molecule has 0 aromatic heterocycles. The molecule has 1 aliphatic carbocycles. The van der Waals surface area contributed by atoms with E-state index in [0.29, 0.717) is 6.42 Å². The fourth-order valence-electron chi connectivity index (χ4n) is 2.10. The van der Waals surface area contributed by atoms with Gasteiger partial charge in [0.2, 0.25) is 5.91 Å². The van der Waals surface area contributed by atoms with Crippen LogP contribution >= 0.6 is 0 Å². The largest absolute Gasteiger partial charge is 0.392 e. The summed E-state index contributed by atoms with van der Waals surface area (Å²) in [7, 11) is 3.56. The van der Waals surface area contributed by atoms with Crippen molar-refractivity contribution in [2.24, 2.45) is 0 Å². The van der Waals surface area contributed by atoms with Gasteiger partial charge in [-0.3, -0.25) is 4.79 Å². The summed E-state index contributed by atoms with van der Waals surface area (Å²) >= 11 is 0. The van der Waals surface area contributed by atoms with Gasteiger partial charge in [-0.1, -0.05) is 12.8 Å². The Morgan fingerprint density at radius 3 is 2.69 bits per heavy atom. The number of carbonyl (C=O) groups is 1. The average Bonchev–Trinajstić information content (AvgIpc) is 2.26. The maximum Gasteiger partial charge on any atom is 0.222 e. The van der Waals surface area contributed by atoms with Crippen molar-refractivity contribution in [2.75, 3.05) is 20.6 Å². The maximum atomic E-state index is 11.3. The molecule has 1 saturated carbocycles. The van der Waals surface area contributed by atoms with Gasteiger partial charge in [0.05, 0.1) is 6.10 Å². The van der Waals surface area contributed by atoms with E-state index in [2.05, 4.69) is 5.32 Å². The highest BCUT2D eigenvalue weighted by Crippen LogP contribution is 2.18.